The maximum Gasteiger partial charge on any atom is 0.401 e. The molecule has 0 bridgehead atoms. The molecule has 1 aromatic carbocycles. The standard InChI is InChI=1S/C16H16F3N3O3/c17-16(18,19)10-20-5-7-21(8-6-20)13(23)9-22-14(24)11-3-1-2-4-12(11)15(22)25/h1-4H,5-10H2. The lowest BCUT2D eigenvalue weighted by Crippen LogP contribution is -2.53. The van der Waals surface area contributed by atoms with Crippen LogP contribution >= 0.6 is 0 Å². The molecule has 2 heterocycles. The lowest BCUT2D eigenvalue weighted by molar-refractivity contribution is -0.151. The third kappa shape index (κ3) is 3.65. The first-order chi connectivity index (χ1) is 11.8. The number of hydrogen-bond donors (Lipinski definition) is 0. The predicted molar refractivity (Wildman–Crippen MR) is 80.9 cm³/mol. The highest BCUT2D eigenvalue weighted by molar-refractivity contribution is 6.22. The van der Waals surface area contributed by atoms with Gasteiger partial charge >= 0.3 is 6.18 Å². The quantitative estimate of drug-likeness (QED) is 0.759. The molecular weight excluding hydrogens is 339 g/mol. The number of piperazine rings is 1. The van der Waals surface area contributed by atoms with Crippen LogP contribution < -0.4 is 0 Å². The van der Waals surface area contributed by atoms with Gasteiger partial charge in [-0.2, -0.15) is 13.2 Å². The molecule has 0 aliphatic carbocycles. The van der Waals surface area contributed by atoms with Gasteiger partial charge in [-0.1, -0.05) is 12.1 Å². The molecule has 1 saturated heterocycles. The van der Waals surface area contributed by atoms with E-state index < -0.39 is 37.0 Å². The van der Waals surface area contributed by atoms with Crippen molar-refractivity contribution in [1.82, 2.24) is 14.7 Å². The van der Waals surface area contributed by atoms with Crippen molar-refractivity contribution in [2.45, 2.75) is 6.18 Å². The molecule has 0 radical (unpaired) electrons. The van der Waals surface area contributed by atoms with Crippen LogP contribution in [-0.4, -0.2) is 77.9 Å². The molecule has 6 nitrogen and oxygen atoms in total. The van der Waals surface area contributed by atoms with E-state index in [1.54, 1.807) is 12.1 Å². The zero-order valence-corrected chi connectivity index (χ0v) is 13.3. The molecule has 1 fully saturated rings. The monoisotopic (exact) mass is 355 g/mol. The first kappa shape index (κ1) is 17.4. The third-order valence-electron chi connectivity index (χ3n) is 4.30. The Balaban J connectivity index is 1.58. The predicted octanol–water partition coefficient (Wildman–Crippen LogP) is 0.989. The number of fused-ring (bicyclic) bond motifs is 1. The third-order valence-corrected chi connectivity index (χ3v) is 4.30. The fraction of sp³-hybridized carbons (Fsp3) is 0.438. The van der Waals surface area contributed by atoms with Gasteiger partial charge in [0.1, 0.15) is 6.54 Å². The molecule has 0 unspecified atom stereocenters. The lowest BCUT2D eigenvalue weighted by Gasteiger charge is -2.35. The largest absolute Gasteiger partial charge is 0.401 e. The number of benzene rings is 1. The molecule has 1 aromatic rings. The van der Waals surface area contributed by atoms with Crippen molar-refractivity contribution < 1.29 is 27.6 Å². The van der Waals surface area contributed by atoms with Crippen LogP contribution in [0, 0.1) is 0 Å². The maximum atomic E-state index is 12.4. The van der Waals surface area contributed by atoms with Crippen LogP contribution in [0.25, 0.3) is 0 Å². The first-order valence-electron chi connectivity index (χ1n) is 7.78. The first-order valence-corrected chi connectivity index (χ1v) is 7.78. The highest BCUT2D eigenvalue weighted by Gasteiger charge is 2.38. The molecular formula is C16H16F3N3O3. The summed E-state index contributed by atoms with van der Waals surface area (Å²) in [6.45, 7) is -0.921. The molecule has 0 saturated carbocycles. The minimum absolute atomic E-state index is 0.105. The van der Waals surface area contributed by atoms with E-state index in [0.717, 1.165) is 4.90 Å². The Hall–Kier alpha value is -2.42. The van der Waals surface area contributed by atoms with E-state index >= 15 is 0 Å². The van der Waals surface area contributed by atoms with Crippen LogP contribution in [0.4, 0.5) is 13.2 Å². The van der Waals surface area contributed by atoms with Gasteiger partial charge in [0.05, 0.1) is 17.7 Å². The number of imide groups is 1. The summed E-state index contributed by atoms with van der Waals surface area (Å²) in [5.74, 6) is -1.49. The lowest BCUT2D eigenvalue weighted by atomic mass is 10.1. The Morgan fingerprint density at radius 1 is 0.960 bits per heavy atom. The number of amides is 3. The van der Waals surface area contributed by atoms with E-state index in [1.807, 2.05) is 0 Å². The summed E-state index contributed by atoms with van der Waals surface area (Å²) >= 11 is 0. The zero-order chi connectivity index (χ0) is 18.2. The van der Waals surface area contributed by atoms with E-state index in [1.165, 1.54) is 21.9 Å². The van der Waals surface area contributed by atoms with Gasteiger partial charge in [0.15, 0.2) is 0 Å². The minimum Gasteiger partial charge on any atom is -0.339 e. The molecule has 3 amide bonds. The fourth-order valence-corrected chi connectivity index (χ4v) is 3.03. The molecule has 0 N–H and O–H groups in total. The van der Waals surface area contributed by atoms with Crippen LogP contribution in [-0.2, 0) is 4.79 Å². The van der Waals surface area contributed by atoms with Crippen LogP contribution in [0.15, 0.2) is 24.3 Å². The van der Waals surface area contributed by atoms with Crippen molar-refractivity contribution in [3.05, 3.63) is 35.4 Å². The average molecular weight is 355 g/mol. The van der Waals surface area contributed by atoms with Crippen molar-refractivity contribution in [1.29, 1.82) is 0 Å². The van der Waals surface area contributed by atoms with Crippen LogP contribution in [0.2, 0.25) is 0 Å². The summed E-state index contributed by atoms with van der Waals surface area (Å²) in [5.41, 5.74) is 0.519. The average Bonchev–Trinajstić information content (AvgIpc) is 2.79. The highest BCUT2D eigenvalue weighted by Crippen LogP contribution is 2.22. The molecule has 134 valence electrons. The summed E-state index contributed by atoms with van der Waals surface area (Å²) in [6.07, 6.45) is -4.27. The number of nitrogens with zero attached hydrogens (tertiary/aromatic N) is 3. The van der Waals surface area contributed by atoms with Crippen molar-refractivity contribution >= 4 is 17.7 Å². The Morgan fingerprint density at radius 3 is 1.96 bits per heavy atom. The van der Waals surface area contributed by atoms with Crippen molar-refractivity contribution in [2.75, 3.05) is 39.3 Å². The number of hydrogen-bond acceptors (Lipinski definition) is 4. The molecule has 0 aromatic heterocycles. The molecule has 25 heavy (non-hydrogen) atoms. The second-order valence-electron chi connectivity index (χ2n) is 6.01. The summed E-state index contributed by atoms with van der Waals surface area (Å²) in [4.78, 5) is 40.3. The van der Waals surface area contributed by atoms with Crippen LogP contribution in [0.5, 0.6) is 0 Å². The summed E-state index contributed by atoms with van der Waals surface area (Å²) < 4.78 is 37.1. The minimum atomic E-state index is -4.27. The van der Waals surface area contributed by atoms with Crippen LogP contribution in [0.3, 0.4) is 0 Å². The van der Waals surface area contributed by atoms with Gasteiger partial charge in [-0.15, -0.1) is 0 Å². The van der Waals surface area contributed by atoms with E-state index in [9.17, 15) is 27.6 Å². The number of carbonyl (C=O) groups is 3. The van der Waals surface area contributed by atoms with Crippen molar-refractivity contribution in [3.8, 4) is 0 Å². The van der Waals surface area contributed by atoms with E-state index in [0.29, 0.717) is 0 Å². The van der Waals surface area contributed by atoms with Gasteiger partial charge in [-0.3, -0.25) is 24.2 Å². The van der Waals surface area contributed by atoms with Crippen LogP contribution in [0.1, 0.15) is 20.7 Å². The second-order valence-corrected chi connectivity index (χ2v) is 6.01. The van der Waals surface area contributed by atoms with Gasteiger partial charge in [-0.25, -0.2) is 0 Å². The molecule has 2 aliphatic rings. The van der Waals surface area contributed by atoms with Gasteiger partial charge in [0.2, 0.25) is 5.91 Å². The number of alkyl halides is 3. The molecule has 0 atom stereocenters. The van der Waals surface area contributed by atoms with Gasteiger partial charge in [-0.05, 0) is 12.1 Å². The molecule has 3 rings (SSSR count). The Labute approximate surface area is 141 Å². The molecule has 2 aliphatic heterocycles. The van der Waals surface area contributed by atoms with E-state index in [2.05, 4.69) is 0 Å². The number of carbonyl (C=O) groups excluding carboxylic acids is 3. The summed E-state index contributed by atoms with van der Waals surface area (Å²) in [6, 6.07) is 6.32. The number of rotatable bonds is 3. The Bertz CT molecular complexity index is 677. The zero-order valence-electron chi connectivity index (χ0n) is 13.3. The number of halogens is 3. The molecule has 9 heteroatoms. The Morgan fingerprint density at radius 2 is 1.48 bits per heavy atom. The van der Waals surface area contributed by atoms with E-state index in [-0.39, 0.29) is 37.3 Å². The smallest absolute Gasteiger partial charge is 0.339 e. The van der Waals surface area contributed by atoms with E-state index in [4.69, 9.17) is 0 Å². The molecule has 0 spiro atoms. The van der Waals surface area contributed by atoms with Crippen molar-refractivity contribution in [2.24, 2.45) is 0 Å². The summed E-state index contributed by atoms with van der Waals surface area (Å²) in [7, 11) is 0. The highest BCUT2D eigenvalue weighted by atomic mass is 19.4. The normalized spacial score (nSPS) is 18.7. The van der Waals surface area contributed by atoms with Gasteiger partial charge in [0.25, 0.3) is 11.8 Å². The topological polar surface area (TPSA) is 60.9 Å². The Kier molecular flexibility index (Phi) is 4.51. The summed E-state index contributed by atoms with van der Waals surface area (Å²) in [5, 5.41) is 0. The van der Waals surface area contributed by atoms with Crippen molar-refractivity contribution in [3.63, 3.8) is 0 Å². The maximum absolute atomic E-state index is 12.4. The fourth-order valence-electron chi connectivity index (χ4n) is 3.03. The SMILES string of the molecule is O=C(CN1C(=O)c2ccccc2C1=O)N1CCN(CC(F)(F)F)CC1. The second kappa shape index (κ2) is 6.47. The van der Waals surface area contributed by atoms with Gasteiger partial charge in [0, 0.05) is 26.2 Å². The van der Waals surface area contributed by atoms with Gasteiger partial charge < -0.3 is 4.90 Å².